The first-order chi connectivity index (χ1) is 9.04. The van der Waals surface area contributed by atoms with Gasteiger partial charge in [-0.25, -0.2) is 4.79 Å². The molecule has 0 aromatic carbocycles. The number of hydrogen-bond donors (Lipinski definition) is 1. The molecule has 2 aromatic rings. The van der Waals surface area contributed by atoms with Gasteiger partial charge in [-0.1, -0.05) is 11.2 Å². The third-order valence-electron chi connectivity index (χ3n) is 2.58. The summed E-state index contributed by atoms with van der Waals surface area (Å²) >= 11 is 0. The number of carboxylic acids is 1. The van der Waals surface area contributed by atoms with Gasteiger partial charge in [-0.2, -0.15) is 0 Å². The molecule has 0 amide bonds. The van der Waals surface area contributed by atoms with Gasteiger partial charge in [0.05, 0.1) is 12.2 Å². The number of pyridine rings is 1. The molecule has 0 aliphatic rings. The van der Waals surface area contributed by atoms with Crippen molar-refractivity contribution >= 4 is 5.97 Å². The van der Waals surface area contributed by atoms with Crippen LogP contribution in [0, 0.1) is 6.92 Å². The highest BCUT2D eigenvalue weighted by Crippen LogP contribution is 2.09. The van der Waals surface area contributed by atoms with Crippen LogP contribution in [0.5, 0.6) is 0 Å². The van der Waals surface area contributed by atoms with Crippen molar-refractivity contribution in [3.05, 3.63) is 47.1 Å². The van der Waals surface area contributed by atoms with E-state index < -0.39 is 5.97 Å². The maximum Gasteiger partial charge on any atom is 0.358 e. The molecule has 0 radical (unpaired) electrons. The zero-order valence-corrected chi connectivity index (χ0v) is 10.8. The molecule has 0 bridgehead atoms. The van der Waals surface area contributed by atoms with Crippen molar-refractivity contribution in [2.75, 3.05) is 7.05 Å². The first-order valence-electron chi connectivity index (χ1n) is 5.84. The summed E-state index contributed by atoms with van der Waals surface area (Å²) in [6.45, 7) is 3.08. The Morgan fingerprint density at radius 2 is 2.21 bits per heavy atom. The van der Waals surface area contributed by atoms with Gasteiger partial charge in [0.2, 0.25) is 0 Å². The van der Waals surface area contributed by atoms with Gasteiger partial charge in [0.1, 0.15) is 0 Å². The van der Waals surface area contributed by atoms with Gasteiger partial charge in [-0.15, -0.1) is 0 Å². The maximum atomic E-state index is 10.7. The van der Waals surface area contributed by atoms with Crippen molar-refractivity contribution in [3.63, 3.8) is 0 Å². The lowest BCUT2D eigenvalue weighted by Gasteiger charge is -2.14. The molecule has 6 heteroatoms. The highest BCUT2D eigenvalue weighted by atomic mass is 16.5. The summed E-state index contributed by atoms with van der Waals surface area (Å²) in [4.78, 5) is 17.1. The first kappa shape index (κ1) is 13.2. The largest absolute Gasteiger partial charge is 0.476 e. The number of nitrogens with zero attached hydrogens (tertiary/aromatic N) is 3. The van der Waals surface area contributed by atoms with E-state index in [2.05, 4.69) is 10.1 Å². The molecule has 0 saturated heterocycles. The van der Waals surface area contributed by atoms with E-state index in [1.165, 1.54) is 6.07 Å². The highest BCUT2D eigenvalue weighted by molar-refractivity contribution is 5.85. The number of carbonyl (C=O) groups is 1. The number of carboxylic acid groups (broad SMARTS) is 1. The second-order valence-corrected chi connectivity index (χ2v) is 4.43. The smallest absolute Gasteiger partial charge is 0.358 e. The van der Waals surface area contributed by atoms with Crippen molar-refractivity contribution < 1.29 is 14.4 Å². The van der Waals surface area contributed by atoms with Crippen LogP contribution in [-0.2, 0) is 13.1 Å². The number of rotatable bonds is 5. The lowest BCUT2D eigenvalue weighted by molar-refractivity contribution is 0.0685. The van der Waals surface area contributed by atoms with Gasteiger partial charge >= 0.3 is 5.97 Å². The predicted octanol–water partition coefficient (Wildman–Crippen LogP) is 1.71. The minimum atomic E-state index is -1.09. The van der Waals surface area contributed by atoms with Crippen LogP contribution in [0.25, 0.3) is 0 Å². The Labute approximate surface area is 110 Å². The van der Waals surface area contributed by atoms with Crippen LogP contribution in [0.3, 0.4) is 0 Å². The van der Waals surface area contributed by atoms with E-state index in [0.717, 1.165) is 11.4 Å². The monoisotopic (exact) mass is 261 g/mol. The Bertz CT molecular complexity index is 580. The normalized spacial score (nSPS) is 10.9. The zero-order chi connectivity index (χ0) is 13.8. The molecular formula is C13H15N3O3. The molecule has 19 heavy (non-hydrogen) atoms. The Morgan fingerprint density at radius 3 is 2.84 bits per heavy atom. The van der Waals surface area contributed by atoms with Crippen LogP contribution in [0.2, 0.25) is 0 Å². The summed E-state index contributed by atoms with van der Waals surface area (Å²) < 4.78 is 4.97. The van der Waals surface area contributed by atoms with Crippen LogP contribution in [0.1, 0.15) is 27.6 Å². The van der Waals surface area contributed by atoms with Gasteiger partial charge in [0, 0.05) is 18.3 Å². The second-order valence-electron chi connectivity index (χ2n) is 4.43. The quantitative estimate of drug-likeness (QED) is 0.882. The molecule has 0 fully saturated rings. The number of hydrogen-bond acceptors (Lipinski definition) is 5. The number of aromatic nitrogens is 2. The molecule has 1 N–H and O–H groups in total. The summed E-state index contributed by atoms with van der Waals surface area (Å²) in [7, 11) is 1.91. The lowest BCUT2D eigenvalue weighted by Crippen LogP contribution is -2.17. The molecule has 2 rings (SSSR count). The highest BCUT2D eigenvalue weighted by Gasteiger charge is 2.12. The molecular weight excluding hydrogens is 246 g/mol. The van der Waals surface area contributed by atoms with Crippen LogP contribution in [-0.4, -0.2) is 33.2 Å². The molecule has 0 aliphatic heterocycles. The molecule has 6 nitrogen and oxygen atoms in total. The third-order valence-corrected chi connectivity index (χ3v) is 2.58. The van der Waals surface area contributed by atoms with E-state index >= 15 is 0 Å². The predicted molar refractivity (Wildman–Crippen MR) is 67.6 cm³/mol. The third kappa shape index (κ3) is 3.62. The molecule has 2 heterocycles. The zero-order valence-electron chi connectivity index (χ0n) is 10.8. The van der Waals surface area contributed by atoms with Gasteiger partial charge < -0.3 is 9.63 Å². The van der Waals surface area contributed by atoms with Crippen molar-refractivity contribution in [3.8, 4) is 0 Å². The lowest BCUT2D eigenvalue weighted by atomic mass is 10.3. The van der Waals surface area contributed by atoms with Crippen LogP contribution in [0.4, 0.5) is 0 Å². The van der Waals surface area contributed by atoms with Crippen molar-refractivity contribution in [1.82, 2.24) is 15.0 Å². The standard InChI is InChI=1S/C13H15N3O3/c1-9-4-3-5-10(14-9)7-16(2)8-11-6-12(13(17)18)15-19-11/h3-6H,7-8H2,1-2H3,(H,17,18). The molecule has 100 valence electrons. The van der Waals surface area contributed by atoms with Gasteiger partial charge in [-0.3, -0.25) is 9.88 Å². The maximum absolute atomic E-state index is 10.7. The van der Waals surface area contributed by atoms with E-state index in [0.29, 0.717) is 18.8 Å². The fourth-order valence-corrected chi connectivity index (χ4v) is 1.77. The first-order valence-corrected chi connectivity index (χ1v) is 5.84. The summed E-state index contributed by atoms with van der Waals surface area (Å²) in [5.74, 6) is -0.564. The SMILES string of the molecule is Cc1cccc(CN(C)Cc2cc(C(=O)O)no2)n1. The van der Waals surface area contributed by atoms with Gasteiger partial charge in [-0.05, 0) is 26.1 Å². The van der Waals surface area contributed by atoms with Gasteiger partial charge in [0.15, 0.2) is 11.5 Å². The Balaban J connectivity index is 1.97. The van der Waals surface area contributed by atoms with Gasteiger partial charge in [0.25, 0.3) is 0 Å². The minimum Gasteiger partial charge on any atom is -0.476 e. The molecule has 0 saturated carbocycles. The van der Waals surface area contributed by atoms with E-state index in [9.17, 15) is 4.79 Å². The number of aromatic carboxylic acids is 1. The van der Waals surface area contributed by atoms with E-state index in [1.54, 1.807) is 0 Å². The van der Waals surface area contributed by atoms with Crippen molar-refractivity contribution in [2.24, 2.45) is 0 Å². The molecule has 0 spiro atoms. The van der Waals surface area contributed by atoms with Crippen LogP contribution in [0.15, 0.2) is 28.8 Å². The summed E-state index contributed by atoms with van der Waals surface area (Å²) in [5.41, 5.74) is 1.86. The summed E-state index contributed by atoms with van der Waals surface area (Å²) in [6, 6.07) is 7.29. The van der Waals surface area contributed by atoms with Crippen LogP contribution < -0.4 is 0 Å². The fraction of sp³-hybridized carbons (Fsp3) is 0.308. The second kappa shape index (κ2) is 5.62. The molecule has 0 aliphatic carbocycles. The molecule has 0 atom stereocenters. The Hall–Kier alpha value is -2.21. The molecule has 2 aromatic heterocycles. The average molecular weight is 261 g/mol. The topological polar surface area (TPSA) is 79.5 Å². The summed E-state index contributed by atoms with van der Waals surface area (Å²) in [6.07, 6.45) is 0. The average Bonchev–Trinajstić information content (AvgIpc) is 2.77. The van der Waals surface area contributed by atoms with E-state index in [1.807, 2.05) is 37.1 Å². The van der Waals surface area contributed by atoms with Crippen molar-refractivity contribution in [1.29, 1.82) is 0 Å². The Morgan fingerprint density at radius 1 is 1.42 bits per heavy atom. The van der Waals surface area contributed by atoms with E-state index in [-0.39, 0.29) is 5.69 Å². The fourth-order valence-electron chi connectivity index (χ4n) is 1.77. The van der Waals surface area contributed by atoms with Crippen molar-refractivity contribution in [2.45, 2.75) is 20.0 Å². The number of aryl methyl sites for hydroxylation is 1. The molecule has 0 unspecified atom stereocenters. The van der Waals surface area contributed by atoms with Crippen LogP contribution >= 0.6 is 0 Å². The Kier molecular flexibility index (Phi) is 3.91. The summed E-state index contributed by atoms with van der Waals surface area (Å²) in [5, 5.41) is 12.2. The minimum absolute atomic E-state index is 0.0721. The van der Waals surface area contributed by atoms with E-state index in [4.69, 9.17) is 9.63 Å².